The van der Waals surface area contributed by atoms with Gasteiger partial charge in [0.15, 0.2) is 0 Å². The van der Waals surface area contributed by atoms with Gasteiger partial charge in [-0.25, -0.2) is 4.79 Å². The maximum atomic E-state index is 12.3. The second-order valence-corrected chi connectivity index (χ2v) is 6.59. The number of methoxy groups -OCH3 is 1. The van der Waals surface area contributed by atoms with E-state index in [2.05, 4.69) is 5.32 Å². The predicted octanol–water partition coefficient (Wildman–Crippen LogP) is 1.27. The molecule has 2 N–H and O–H groups in total. The molecule has 0 spiro atoms. The zero-order valence-electron chi connectivity index (χ0n) is 14.7. The van der Waals surface area contributed by atoms with Crippen molar-refractivity contribution in [1.29, 1.82) is 0 Å². The first kappa shape index (κ1) is 18.8. The summed E-state index contributed by atoms with van der Waals surface area (Å²) in [6.07, 6.45) is 0.104. The molecule has 7 nitrogen and oxygen atoms in total. The molecule has 1 saturated heterocycles. The summed E-state index contributed by atoms with van der Waals surface area (Å²) in [5.41, 5.74) is 0.945. The number of carbonyl (C=O) groups is 3. The third-order valence-corrected chi connectivity index (χ3v) is 4.35. The van der Waals surface area contributed by atoms with Gasteiger partial charge in [0.05, 0.1) is 13.0 Å². The molecule has 1 aliphatic heterocycles. The van der Waals surface area contributed by atoms with Crippen LogP contribution in [-0.4, -0.2) is 47.5 Å². The Bertz CT molecular complexity index is 641. The summed E-state index contributed by atoms with van der Waals surface area (Å²) in [6, 6.07) is 6.44. The molecule has 1 fully saturated rings. The molecule has 0 aliphatic carbocycles. The molecule has 2 atom stereocenters. The summed E-state index contributed by atoms with van der Waals surface area (Å²) in [7, 11) is 1.59. The molecule has 0 saturated carbocycles. The highest BCUT2D eigenvalue weighted by molar-refractivity contribution is 5.91. The van der Waals surface area contributed by atoms with Crippen LogP contribution < -0.4 is 10.1 Å². The van der Waals surface area contributed by atoms with Gasteiger partial charge in [-0.05, 0) is 23.6 Å². The van der Waals surface area contributed by atoms with Crippen molar-refractivity contribution in [2.24, 2.45) is 11.8 Å². The number of ether oxygens (including phenoxy) is 1. The van der Waals surface area contributed by atoms with Crippen molar-refractivity contribution in [2.75, 3.05) is 13.7 Å². The Morgan fingerprint density at radius 1 is 1.32 bits per heavy atom. The molecule has 25 heavy (non-hydrogen) atoms. The number of aliphatic carboxylic acids is 1. The third kappa shape index (κ3) is 4.71. The fraction of sp³-hybridized carbons (Fsp3) is 0.500. The normalized spacial score (nSPS) is 18.3. The molecule has 1 heterocycles. The Morgan fingerprint density at radius 2 is 1.96 bits per heavy atom. The van der Waals surface area contributed by atoms with Crippen molar-refractivity contribution in [3.8, 4) is 5.75 Å². The lowest BCUT2D eigenvalue weighted by atomic mass is 10.0. The maximum Gasteiger partial charge on any atom is 0.326 e. The van der Waals surface area contributed by atoms with Crippen molar-refractivity contribution in [1.82, 2.24) is 10.2 Å². The fourth-order valence-corrected chi connectivity index (χ4v) is 2.84. The fourth-order valence-electron chi connectivity index (χ4n) is 2.84. The van der Waals surface area contributed by atoms with E-state index in [-0.39, 0.29) is 24.2 Å². The van der Waals surface area contributed by atoms with Gasteiger partial charge in [0, 0.05) is 19.5 Å². The molecule has 2 rings (SSSR count). The van der Waals surface area contributed by atoms with Gasteiger partial charge in [-0.2, -0.15) is 0 Å². The zero-order chi connectivity index (χ0) is 18.6. The van der Waals surface area contributed by atoms with Crippen molar-refractivity contribution < 1.29 is 24.2 Å². The lowest BCUT2D eigenvalue weighted by molar-refractivity contribution is -0.143. The van der Waals surface area contributed by atoms with Crippen LogP contribution in [0.25, 0.3) is 0 Å². The molecule has 2 unspecified atom stereocenters. The third-order valence-electron chi connectivity index (χ3n) is 4.35. The van der Waals surface area contributed by atoms with Crippen LogP contribution in [0, 0.1) is 11.8 Å². The second kappa shape index (κ2) is 8.00. The average Bonchev–Trinajstić information content (AvgIpc) is 2.93. The summed E-state index contributed by atoms with van der Waals surface area (Å²) in [4.78, 5) is 37.3. The number of hydrogen-bond acceptors (Lipinski definition) is 4. The highest BCUT2D eigenvalue weighted by Crippen LogP contribution is 2.22. The minimum atomic E-state index is -1.07. The van der Waals surface area contributed by atoms with Crippen LogP contribution in [0.5, 0.6) is 5.75 Å². The zero-order valence-corrected chi connectivity index (χ0v) is 14.7. The van der Waals surface area contributed by atoms with E-state index < -0.39 is 17.9 Å². The van der Waals surface area contributed by atoms with Crippen LogP contribution >= 0.6 is 0 Å². The summed E-state index contributed by atoms with van der Waals surface area (Å²) in [6.45, 7) is 4.17. The van der Waals surface area contributed by atoms with E-state index in [1.54, 1.807) is 25.9 Å². The van der Waals surface area contributed by atoms with E-state index >= 15 is 0 Å². The standard InChI is InChI=1S/C18H24N2O5/c1-11(2)16(18(23)24)19-17(22)13-8-15(21)20(10-13)9-12-4-6-14(25-3)7-5-12/h4-7,11,13,16H,8-10H2,1-3H3,(H,19,22)(H,23,24). The van der Waals surface area contributed by atoms with Gasteiger partial charge in [-0.15, -0.1) is 0 Å². The number of nitrogens with zero attached hydrogens (tertiary/aromatic N) is 1. The number of likely N-dealkylation sites (tertiary alicyclic amines) is 1. The predicted molar refractivity (Wildman–Crippen MR) is 90.9 cm³/mol. The van der Waals surface area contributed by atoms with Crippen molar-refractivity contribution in [3.63, 3.8) is 0 Å². The summed E-state index contributed by atoms with van der Waals surface area (Å²) < 4.78 is 5.10. The maximum absolute atomic E-state index is 12.3. The minimum Gasteiger partial charge on any atom is -0.497 e. The topological polar surface area (TPSA) is 95.9 Å². The molecule has 136 valence electrons. The number of carboxylic acid groups (broad SMARTS) is 1. The molecule has 2 amide bonds. The van der Waals surface area contributed by atoms with E-state index in [0.29, 0.717) is 13.1 Å². The highest BCUT2D eigenvalue weighted by Gasteiger charge is 2.36. The van der Waals surface area contributed by atoms with Gasteiger partial charge in [0.2, 0.25) is 11.8 Å². The molecule has 0 radical (unpaired) electrons. The number of hydrogen-bond donors (Lipinski definition) is 2. The van der Waals surface area contributed by atoms with Gasteiger partial charge >= 0.3 is 5.97 Å². The molecule has 1 aliphatic rings. The summed E-state index contributed by atoms with van der Waals surface area (Å²) in [5, 5.41) is 11.7. The Balaban J connectivity index is 1.96. The van der Waals surface area contributed by atoms with Gasteiger partial charge in [-0.3, -0.25) is 9.59 Å². The molecule has 7 heteroatoms. The average molecular weight is 348 g/mol. The van der Waals surface area contributed by atoms with Crippen LogP contribution in [0.15, 0.2) is 24.3 Å². The molecule has 1 aromatic carbocycles. The van der Waals surface area contributed by atoms with Crippen LogP contribution in [0.1, 0.15) is 25.8 Å². The molecule has 0 aromatic heterocycles. The number of benzene rings is 1. The Hall–Kier alpha value is -2.57. The molecular formula is C18H24N2O5. The van der Waals surface area contributed by atoms with Gasteiger partial charge in [0.1, 0.15) is 11.8 Å². The van der Waals surface area contributed by atoms with Crippen molar-refractivity contribution in [3.05, 3.63) is 29.8 Å². The number of nitrogens with one attached hydrogen (secondary N) is 1. The van der Waals surface area contributed by atoms with Crippen molar-refractivity contribution in [2.45, 2.75) is 32.9 Å². The molecular weight excluding hydrogens is 324 g/mol. The lowest BCUT2D eigenvalue weighted by Gasteiger charge is -2.20. The van der Waals surface area contributed by atoms with Gasteiger partial charge in [-0.1, -0.05) is 26.0 Å². The van der Waals surface area contributed by atoms with E-state index in [1.165, 1.54) is 0 Å². The van der Waals surface area contributed by atoms with Gasteiger partial charge < -0.3 is 20.1 Å². The Labute approximate surface area is 147 Å². The monoisotopic (exact) mass is 348 g/mol. The quantitative estimate of drug-likeness (QED) is 0.774. The minimum absolute atomic E-state index is 0.104. The Morgan fingerprint density at radius 3 is 2.48 bits per heavy atom. The van der Waals surface area contributed by atoms with E-state index in [0.717, 1.165) is 11.3 Å². The number of carboxylic acids is 1. The lowest BCUT2D eigenvalue weighted by Crippen LogP contribution is -2.47. The second-order valence-electron chi connectivity index (χ2n) is 6.59. The van der Waals surface area contributed by atoms with Crippen LogP contribution in [0.3, 0.4) is 0 Å². The van der Waals surface area contributed by atoms with E-state index in [4.69, 9.17) is 4.74 Å². The SMILES string of the molecule is COc1ccc(CN2CC(C(=O)NC(C(=O)O)C(C)C)CC2=O)cc1. The van der Waals surface area contributed by atoms with Crippen LogP contribution in [0.4, 0.5) is 0 Å². The number of amides is 2. The van der Waals surface area contributed by atoms with Crippen LogP contribution in [-0.2, 0) is 20.9 Å². The number of carbonyl (C=O) groups excluding carboxylic acids is 2. The van der Waals surface area contributed by atoms with Crippen molar-refractivity contribution >= 4 is 17.8 Å². The van der Waals surface area contributed by atoms with E-state index in [1.807, 2.05) is 24.3 Å². The molecule has 0 bridgehead atoms. The summed E-state index contributed by atoms with van der Waals surface area (Å²) >= 11 is 0. The van der Waals surface area contributed by atoms with E-state index in [9.17, 15) is 19.5 Å². The summed E-state index contributed by atoms with van der Waals surface area (Å²) in [5.74, 6) is -1.57. The number of rotatable bonds is 7. The largest absolute Gasteiger partial charge is 0.497 e. The molecule has 1 aromatic rings. The first-order valence-corrected chi connectivity index (χ1v) is 8.25. The highest BCUT2D eigenvalue weighted by atomic mass is 16.5. The Kier molecular flexibility index (Phi) is 6.01. The van der Waals surface area contributed by atoms with Crippen LogP contribution in [0.2, 0.25) is 0 Å². The first-order valence-electron chi connectivity index (χ1n) is 8.25. The van der Waals surface area contributed by atoms with Gasteiger partial charge in [0.25, 0.3) is 0 Å². The first-order chi connectivity index (χ1) is 11.8. The smallest absolute Gasteiger partial charge is 0.326 e.